The predicted molar refractivity (Wildman–Crippen MR) is 162 cm³/mol. The van der Waals surface area contributed by atoms with E-state index >= 15 is 0 Å². The molecular formula is C33H29BrN2O4S. The number of fused-ring (bicyclic) bond motifs is 2. The summed E-state index contributed by atoms with van der Waals surface area (Å²) in [6, 6.07) is 27.5. The minimum atomic E-state index is -4.01. The summed E-state index contributed by atoms with van der Waals surface area (Å²) in [4.78, 5) is 29.0. The summed E-state index contributed by atoms with van der Waals surface area (Å²) in [5, 5.41) is 2.83. The molecular weight excluding hydrogens is 600 g/mol. The monoisotopic (exact) mass is 628 g/mol. The molecule has 0 unspecified atom stereocenters. The highest BCUT2D eigenvalue weighted by atomic mass is 79.9. The van der Waals surface area contributed by atoms with Gasteiger partial charge in [-0.2, -0.15) is 0 Å². The number of rotatable bonds is 6. The second-order valence-electron chi connectivity index (χ2n) is 10.6. The van der Waals surface area contributed by atoms with Gasteiger partial charge in [0, 0.05) is 35.4 Å². The molecule has 208 valence electrons. The van der Waals surface area contributed by atoms with Crippen molar-refractivity contribution >= 4 is 43.1 Å². The van der Waals surface area contributed by atoms with Crippen LogP contribution in [0.3, 0.4) is 0 Å². The maximum Gasteiger partial charge on any atom is 0.252 e. The van der Waals surface area contributed by atoms with Gasteiger partial charge in [0.1, 0.15) is 0 Å². The number of nitrogens with zero attached hydrogens (tertiary/aromatic N) is 1. The molecule has 41 heavy (non-hydrogen) atoms. The molecule has 6 nitrogen and oxygen atoms in total. The first-order valence-electron chi connectivity index (χ1n) is 13.7. The highest BCUT2D eigenvalue weighted by Crippen LogP contribution is 2.38. The van der Waals surface area contributed by atoms with Gasteiger partial charge >= 0.3 is 0 Å². The third-order valence-electron chi connectivity index (χ3n) is 8.03. The third-order valence-corrected chi connectivity index (χ3v) is 10.6. The molecule has 4 aromatic rings. The molecule has 2 aliphatic heterocycles. The number of sulfone groups is 1. The minimum absolute atomic E-state index is 0.00434. The van der Waals surface area contributed by atoms with Gasteiger partial charge in [0.2, 0.25) is 9.84 Å². The fourth-order valence-corrected chi connectivity index (χ4v) is 7.92. The van der Waals surface area contributed by atoms with Crippen LogP contribution in [0.1, 0.15) is 50.2 Å². The molecule has 1 saturated heterocycles. The van der Waals surface area contributed by atoms with Gasteiger partial charge in [0.05, 0.1) is 20.9 Å². The van der Waals surface area contributed by atoms with E-state index in [1.807, 2.05) is 36.4 Å². The second kappa shape index (κ2) is 11.3. The van der Waals surface area contributed by atoms with E-state index in [4.69, 9.17) is 0 Å². The Morgan fingerprint density at radius 3 is 2.37 bits per heavy atom. The number of hydrogen-bond donors (Lipinski definition) is 1. The summed E-state index contributed by atoms with van der Waals surface area (Å²) in [6.07, 6.45) is 3.06. The van der Waals surface area contributed by atoms with Crippen LogP contribution in [0, 0.1) is 5.92 Å². The van der Waals surface area contributed by atoms with E-state index in [1.54, 1.807) is 12.1 Å². The summed E-state index contributed by atoms with van der Waals surface area (Å²) in [7, 11) is -4.01. The van der Waals surface area contributed by atoms with Crippen LogP contribution in [-0.4, -0.2) is 33.2 Å². The van der Waals surface area contributed by atoms with Crippen molar-refractivity contribution in [3.8, 4) is 0 Å². The van der Waals surface area contributed by atoms with Crippen LogP contribution in [0.25, 0.3) is 0 Å². The van der Waals surface area contributed by atoms with E-state index in [2.05, 4.69) is 50.4 Å². The van der Waals surface area contributed by atoms with Gasteiger partial charge in [0.15, 0.2) is 5.78 Å². The van der Waals surface area contributed by atoms with Crippen molar-refractivity contribution in [1.82, 2.24) is 5.32 Å². The van der Waals surface area contributed by atoms with Crippen molar-refractivity contribution in [2.24, 2.45) is 5.92 Å². The molecule has 0 atom stereocenters. The molecule has 0 bridgehead atoms. The van der Waals surface area contributed by atoms with Gasteiger partial charge in [-0.1, -0.05) is 70.5 Å². The molecule has 0 saturated carbocycles. The molecule has 4 aromatic carbocycles. The van der Waals surface area contributed by atoms with Crippen molar-refractivity contribution in [1.29, 1.82) is 0 Å². The van der Waals surface area contributed by atoms with E-state index in [-0.39, 0.29) is 33.0 Å². The second-order valence-corrected chi connectivity index (χ2v) is 13.3. The van der Waals surface area contributed by atoms with Gasteiger partial charge in [-0.25, -0.2) is 8.42 Å². The average Bonchev–Trinajstić information content (AvgIpc) is 3.00. The Balaban J connectivity index is 1.23. The lowest BCUT2D eigenvalue weighted by Gasteiger charge is -2.34. The number of nitrogens with one attached hydrogen (secondary N) is 1. The number of halogens is 1. The summed E-state index contributed by atoms with van der Waals surface area (Å²) < 4.78 is 28.5. The fraction of sp³-hybridized carbons (Fsp3) is 0.212. The molecule has 0 aliphatic carbocycles. The van der Waals surface area contributed by atoms with E-state index in [0.29, 0.717) is 5.92 Å². The summed E-state index contributed by atoms with van der Waals surface area (Å²) in [5.41, 5.74) is 3.09. The minimum Gasteiger partial charge on any atom is -0.371 e. The van der Waals surface area contributed by atoms with Gasteiger partial charge in [-0.3, -0.25) is 9.59 Å². The van der Waals surface area contributed by atoms with Crippen molar-refractivity contribution in [3.05, 3.63) is 123 Å². The Bertz CT molecular complexity index is 1750. The molecule has 1 amide bonds. The first kappa shape index (κ1) is 27.4. The van der Waals surface area contributed by atoms with Crippen LogP contribution in [0.2, 0.25) is 0 Å². The molecule has 6 rings (SSSR count). The van der Waals surface area contributed by atoms with Gasteiger partial charge in [-0.05, 0) is 72.7 Å². The van der Waals surface area contributed by atoms with E-state index < -0.39 is 21.5 Å². The van der Waals surface area contributed by atoms with Crippen molar-refractivity contribution in [3.63, 3.8) is 0 Å². The van der Waals surface area contributed by atoms with E-state index in [0.717, 1.165) is 48.1 Å². The molecule has 2 aliphatic rings. The number of hydrogen-bond acceptors (Lipinski definition) is 5. The number of carbonyl (C=O) groups is 2. The highest BCUT2D eigenvalue weighted by molar-refractivity contribution is 9.10. The lowest BCUT2D eigenvalue weighted by molar-refractivity contribution is 0.0938. The molecule has 0 spiro atoms. The normalized spacial score (nSPS) is 16.1. The average molecular weight is 630 g/mol. The van der Waals surface area contributed by atoms with Gasteiger partial charge in [-0.15, -0.1) is 0 Å². The van der Waals surface area contributed by atoms with E-state index in [9.17, 15) is 18.0 Å². The first-order chi connectivity index (χ1) is 19.8. The van der Waals surface area contributed by atoms with Crippen LogP contribution in [0.15, 0.2) is 105 Å². The quantitative estimate of drug-likeness (QED) is 0.241. The maximum absolute atomic E-state index is 13.8. The fourth-order valence-electron chi connectivity index (χ4n) is 5.80. The highest BCUT2D eigenvalue weighted by Gasteiger charge is 2.38. The van der Waals surface area contributed by atoms with Crippen LogP contribution < -0.4 is 10.2 Å². The standard InChI is InChI=1S/C33H29BrN2O4S/c34-28-11-5-4-9-24(28)21-35-33(38)27-10-6-12-29-31(27)32(37)26-14-13-25(20-30(26)41(29,39)40)36-17-15-23(16-18-36)19-22-7-2-1-3-8-22/h1-14,20,23H,15-19,21H2,(H,35,38). The van der Waals surface area contributed by atoms with Crippen molar-refractivity contribution in [2.45, 2.75) is 35.6 Å². The van der Waals surface area contributed by atoms with Crippen LogP contribution in [0.4, 0.5) is 5.69 Å². The summed E-state index contributed by atoms with van der Waals surface area (Å²) in [6.45, 7) is 1.87. The lowest BCUT2D eigenvalue weighted by Crippen LogP contribution is -2.34. The largest absolute Gasteiger partial charge is 0.371 e. The number of benzene rings is 4. The molecule has 0 radical (unpaired) electrons. The number of piperidine rings is 1. The molecule has 0 aromatic heterocycles. The number of amides is 1. The van der Waals surface area contributed by atoms with E-state index in [1.165, 1.54) is 23.8 Å². The first-order valence-corrected chi connectivity index (χ1v) is 16.0. The Morgan fingerprint density at radius 2 is 1.61 bits per heavy atom. The SMILES string of the molecule is O=C(NCc1ccccc1Br)c1cccc2c1C(=O)c1ccc(N3CCC(Cc4ccccc4)CC3)cc1S2(=O)=O. The number of ketones is 1. The van der Waals surface area contributed by atoms with Gasteiger partial charge < -0.3 is 10.2 Å². The summed E-state index contributed by atoms with van der Waals surface area (Å²) >= 11 is 3.47. The van der Waals surface area contributed by atoms with Gasteiger partial charge in [0.25, 0.3) is 5.91 Å². The Morgan fingerprint density at radius 1 is 0.878 bits per heavy atom. The Hall–Kier alpha value is -3.75. The third kappa shape index (κ3) is 5.34. The zero-order valence-corrected chi connectivity index (χ0v) is 24.7. The Kier molecular flexibility index (Phi) is 7.53. The number of anilines is 1. The molecule has 1 N–H and O–H groups in total. The zero-order chi connectivity index (χ0) is 28.6. The maximum atomic E-state index is 13.8. The smallest absolute Gasteiger partial charge is 0.252 e. The van der Waals surface area contributed by atoms with Crippen LogP contribution in [0.5, 0.6) is 0 Å². The number of carbonyl (C=O) groups excluding carboxylic acids is 2. The summed E-state index contributed by atoms with van der Waals surface area (Å²) in [5.74, 6) is -0.375. The van der Waals surface area contributed by atoms with Crippen molar-refractivity contribution in [2.75, 3.05) is 18.0 Å². The molecule has 2 heterocycles. The van der Waals surface area contributed by atoms with Crippen LogP contribution in [-0.2, 0) is 22.8 Å². The van der Waals surface area contributed by atoms with Crippen molar-refractivity contribution < 1.29 is 18.0 Å². The molecule has 8 heteroatoms. The Labute approximate surface area is 248 Å². The lowest BCUT2D eigenvalue weighted by atomic mass is 9.90. The van der Waals surface area contributed by atoms with Crippen LogP contribution >= 0.6 is 15.9 Å². The topological polar surface area (TPSA) is 83.6 Å². The zero-order valence-electron chi connectivity index (χ0n) is 22.3. The molecule has 1 fully saturated rings. The predicted octanol–water partition coefficient (Wildman–Crippen LogP) is 6.22.